The average Bonchev–Trinajstić information content (AvgIpc) is 3.46. The summed E-state index contributed by atoms with van der Waals surface area (Å²) in [6.45, 7) is 19.7. The van der Waals surface area contributed by atoms with Gasteiger partial charge < -0.3 is 40.3 Å². The lowest BCUT2D eigenvalue weighted by Gasteiger charge is -2.16. The number of imidazole rings is 1. The fourth-order valence-corrected chi connectivity index (χ4v) is 4.51. The number of anilines is 1. The molecule has 14 nitrogen and oxygen atoms in total. The normalized spacial score (nSPS) is 21.2. The minimum atomic E-state index is -4.73. The molecule has 0 bridgehead atoms. The Kier molecular flexibility index (Phi) is 15.9. The van der Waals surface area contributed by atoms with Crippen LogP contribution in [-0.4, -0.2) is 120 Å². The number of aromatic nitrogens is 4. The third kappa shape index (κ3) is 10.8. The smallest absolute Gasteiger partial charge is 0.387 e. The second kappa shape index (κ2) is 17.4. The van der Waals surface area contributed by atoms with E-state index in [1.165, 1.54) is 61.9 Å². The maximum atomic E-state index is 10.8. The molecule has 4 unspecified atom stereocenters. The Balaban J connectivity index is 0.000000449. The van der Waals surface area contributed by atoms with E-state index < -0.39 is 39.0 Å². The molecule has 6 N–H and O–H groups in total. The van der Waals surface area contributed by atoms with Gasteiger partial charge in [-0.05, 0) is 45.5 Å². The molecule has 1 fully saturated rings. The van der Waals surface area contributed by atoms with E-state index in [9.17, 15) is 14.8 Å². The van der Waals surface area contributed by atoms with Crippen molar-refractivity contribution in [2.24, 2.45) is 0 Å². The maximum Gasteiger partial charge on any atom is 0.469 e. The molecule has 1 aliphatic heterocycles. The van der Waals surface area contributed by atoms with Gasteiger partial charge in [-0.3, -0.25) is 9.09 Å². The van der Waals surface area contributed by atoms with Crippen molar-refractivity contribution in [3.8, 4) is 0 Å². The Hall–Kier alpha value is -1.39. The van der Waals surface area contributed by atoms with Gasteiger partial charge in [0.15, 0.2) is 22.8 Å². The molecule has 3 rings (SSSR count). The van der Waals surface area contributed by atoms with Crippen molar-refractivity contribution in [2.75, 3.05) is 57.9 Å². The molecule has 226 valence electrons. The summed E-state index contributed by atoms with van der Waals surface area (Å²) in [6.07, 6.45) is -1.96. The molecule has 2 aromatic heterocycles. The number of phosphoric ester groups is 1. The van der Waals surface area contributed by atoms with Gasteiger partial charge in [-0.2, -0.15) is 0 Å². The van der Waals surface area contributed by atoms with Crippen molar-refractivity contribution in [3.63, 3.8) is 0 Å². The Morgan fingerprint density at radius 3 is 1.92 bits per heavy atom. The quantitative estimate of drug-likeness (QED) is 0.143. The lowest BCUT2D eigenvalue weighted by atomic mass is 10.1. The molecule has 3 heterocycles. The van der Waals surface area contributed by atoms with Crippen LogP contribution < -0.4 is 5.73 Å². The van der Waals surface area contributed by atoms with E-state index in [0.29, 0.717) is 16.3 Å². The predicted octanol–water partition coefficient (Wildman–Crippen LogP) is 1.56. The zero-order valence-corrected chi connectivity index (χ0v) is 25.7. The highest BCUT2D eigenvalue weighted by molar-refractivity contribution is 7.98. The van der Waals surface area contributed by atoms with Crippen LogP contribution >= 0.6 is 19.6 Å². The highest BCUT2D eigenvalue weighted by atomic mass is 32.2. The van der Waals surface area contributed by atoms with Crippen LogP contribution in [0.5, 0.6) is 0 Å². The van der Waals surface area contributed by atoms with Crippen molar-refractivity contribution < 1.29 is 33.8 Å². The van der Waals surface area contributed by atoms with Gasteiger partial charge >= 0.3 is 7.82 Å². The van der Waals surface area contributed by atoms with E-state index >= 15 is 0 Å². The zero-order chi connectivity index (χ0) is 29.8. The molecule has 0 aromatic carbocycles. The Bertz CT molecular complexity index is 997. The van der Waals surface area contributed by atoms with Gasteiger partial charge in [0.05, 0.1) is 12.9 Å². The number of hydrogen-bond acceptors (Lipinski definition) is 12. The molecule has 1 aliphatic rings. The van der Waals surface area contributed by atoms with E-state index in [1.807, 2.05) is 0 Å². The largest absolute Gasteiger partial charge is 0.469 e. The first-order valence-electron chi connectivity index (χ1n) is 13.1. The number of rotatable bonds is 11. The lowest BCUT2D eigenvalue weighted by molar-refractivity contribution is -0.0504. The van der Waals surface area contributed by atoms with Crippen LogP contribution in [0.15, 0.2) is 11.5 Å². The number of aliphatic hydroxyl groups is 2. The predicted molar refractivity (Wildman–Crippen MR) is 152 cm³/mol. The number of thioether (sulfide) groups is 1. The van der Waals surface area contributed by atoms with Crippen LogP contribution in [0.4, 0.5) is 5.82 Å². The van der Waals surface area contributed by atoms with Gasteiger partial charge in [0.2, 0.25) is 0 Å². The molecule has 4 atom stereocenters. The Morgan fingerprint density at radius 2 is 1.51 bits per heavy atom. The van der Waals surface area contributed by atoms with Crippen LogP contribution in [0.25, 0.3) is 11.2 Å². The van der Waals surface area contributed by atoms with Crippen LogP contribution in [0, 0.1) is 0 Å². The Morgan fingerprint density at radius 1 is 1.00 bits per heavy atom. The Labute approximate surface area is 235 Å². The number of phosphoric acid groups is 1. The standard InChI is InChI=1S/C11H16N5O7PS.2C6H15N/c1-25-11-14-8(12)5-9(15-11)16(3-13-5)10-7(18)6(17)4(23-10)2-22-24(19,20)21;2*1-4-7(5-2)6-3/h3-4,6-7,10,17-18H,2H2,1H3,(H2,12,14,15)(H2,19,20,21);2*4-6H2,1-3H3. The highest BCUT2D eigenvalue weighted by Gasteiger charge is 2.45. The second-order valence-corrected chi connectivity index (χ2v) is 10.5. The van der Waals surface area contributed by atoms with E-state index in [2.05, 4.69) is 70.8 Å². The minimum Gasteiger partial charge on any atom is -0.387 e. The minimum absolute atomic E-state index is 0.155. The molecule has 0 radical (unpaired) electrons. The molecule has 0 saturated carbocycles. The molecular formula is C23H46N7O7PS. The first kappa shape index (κ1) is 35.6. The summed E-state index contributed by atoms with van der Waals surface area (Å²) < 4.78 is 22.0. The summed E-state index contributed by atoms with van der Waals surface area (Å²) in [7, 11) is -4.73. The number of hydrogen-bond donors (Lipinski definition) is 5. The molecule has 39 heavy (non-hydrogen) atoms. The van der Waals surface area contributed by atoms with Crippen molar-refractivity contribution >= 4 is 36.6 Å². The third-order valence-corrected chi connectivity index (χ3v) is 7.35. The lowest BCUT2D eigenvalue weighted by Crippen LogP contribution is -2.33. The molecule has 0 aliphatic carbocycles. The monoisotopic (exact) mass is 595 g/mol. The molecule has 16 heteroatoms. The third-order valence-electron chi connectivity index (χ3n) is 6.31. The number of nitrogens with zero attached hydrogens (tertiary/aromatic N) is 6. The van der Waals surface area contributed by atoms with Crippen molar-refractivity contribution in [3.05, 3.63) is 6.33 Å². The number of nitrogens with two attached hydrogens (primary N) is 1. The van der Waals surface area contributed by atoms with Gasteiger partial charge in [0.1, 0.15) is 23.8 Å². The van der Waals surface area contributed by atoms with Gasteiger partial charge in [-0.15, -0.1) is 0 Å². The summed E-state index contributed by atoms with van der Waals surface area (Å²) in [5.41, 5.74) is 6.43. The summed E-state index contributed by atoms with van der Waals surface area (Å²) in [6, 6.07) is 0. The summed E-state index contributed by atoms with van der Waals surface area (Å²) in [5, 5.41) is 20.7. The zero-order valence-electron chi connectivity index (χ0n) is 24.0. The first-order valence-corrected chi connectivity index (χ1v) is 15.9. The molecular weight excluding hydrogens is 549 g/mol. The van der Waals surface area contributed by atoms with E-state index in [0.717, 1.165) is 0 Å². The van der Waals surface area contributed by atoms with Crippen LogP contribution in [0.1, 0.15) is 47.8 Å². The van der Waals surface area contributed by atoms with Gasteiger partial charge in [-0.25, -0.2) is 19.5 Å². The molecule has 0 amide bonds. The summed E-state index contributed by atoms with van der Waals surface area (Å²) in [5.74, 6) is 0.155. The van der Waals surface area contributed by atoms with Crippen LogP contribution in [0.2, 0.25) is 0 Å². The van der Waals surface area contributed by atoms with Crippen molar-refractivity contribution in [1.82, 2.24) is 29.3 Å². The fraction of sp³-hybridized carbons (Fsp3) is 0.783. The SMILES string of the molecule is CCN(CC)CC.CCN(CC)CC.CSc1nc(N)c2ncn(C3OC(COP(=O)(O)O)C(O)C3O)c2n1. The van der Waals surface area contributed by atoms with Crippen molar-refractivity contribution in [2.45, 2.75) is 71.2 Å². The maximum absolute atomic E-state index is 10.8. The second-order valence-electron chi connectivity index (χ2n) is 8.49. The van der Waals surface area contributed by atoms with Gasteiger partial charge in [-0.1, -0.05) is 53.3 Å². The van der Waals surface area contributed by atoms with Crippen LogP contribution in [-0.2, 0) is 13.8 Å². The number of nitrogen functional groups attached to an aromatic ring is 1. The van der Waals surface area contributed by atoms with Crippen molar-refractivity contribution in [1.29, 1.82) is 0 Å². The van der Waals surface area contributed by atoms with E-state index in [-0.39, 0.29) is 5.82 Å². The first-order chi connectivity index (χ1) is 18.4. The fourth-order valence-electron chi connectivity index (χ4n) is 3.80. The average molecular weight is 596 g/mol. The van der Waals surface area contributed by atoms with E-state index in [1.54, 1.807) is 6.26 Å². The molecule has 1 saturated heterocycles. The summed E-state index contributed by atoms with van der Waals surface area (Å²) >= 11 is 1.26. The topological polar surface area (TPSA) is 193 Å². The van der Waals surface area contributed by atoms with Crippen LogP contribution in [0.3, 0.4) is 0 Å². The highest BCUT2D eigenvalue weighted by Crippen LogP contribution is 2.39. The number of fused-ring (bicyclic) bond motifs is 1. The number of ether oxygens (including phenoxy) is 1. The molecule has 2 aromatic rings. The van der Waals surface area contributed by atoms with Gasteiger partial charge in [0, 0.05) is 0 Å². The molecule has 0 spiro atoms. The van der Waals surface area contributed by atoms with E-state index in [4.69, 9.17) is 20.3 Å². The number of aliphatic hydroxyl groups excluding tert-OH is 2. The van der Waals surface area contributed by atoms with Gasteiger partial charge in [0.25, 0.3) is 0 Å². The summed E-state index contributed by atoms with van der Waals surface area (Å²) in [4.78, 5) is 34.7.